The maximum Gasteiger partial charge on any atom is 0.220 e. The molecule has 0 aromatic heterocycles. The van der Waals surface area contributed by atoms with Crippen molar-refractivity contribution in [1.29, 1.82) is 0 Å². The zero-order valence-corrected chi connectivity index (χ0v) is 14.7. The van der Waals surface area contributed by atoms with Gasteiger partial charge in [-0.1, -0.05) is 0 Å². The number of hydrogen-bond acceptors (Lipinski definition) is 9. The average Bonchev–Trinajstić information content (AvgIpc) is 2.57. The molecule has 0 rings (SSSR count). The van der Waals surface area contributed by atoms with Gasteiger partial charge in [-0.25, -0.2) is 0 Å². The van der Waals surface area contributed by atoms with Gasteiger partial charge in [-0.3, -0.25) is 4.79 Å². The molecule has 0 aliphatic heterocycles. The molecule has 0 spiro atoms. The minimum absolute atomic E-state index is 0.0355. The number of carbonyl (C=O) groups is 1. The Balaban J connectivity index is 0. The summed E-state index contributed by atoms with van der Waals surface area (Å²) in [7, 11) is 1.86. The number of rotatable bonds is 15. The average molecular weight is 352 g/mol. The van der Waals surface area contributed by atoms with Crippen molar-refractivity contribution in [2.75, 3.05) is 59.8 Å². The summed E-state index contributed by atoms with van der Waals surface area (Å²) in [5.41, 5.74) is 5.51. The van der Waals surface area contributed by atoms with Gasteiger partial charge in [0.1, 0.15) is 6.61 Å². The lowest BCUT2D eigenvalue weighted by atomic mass is 10.2. The Morgan fingerprint density at radius 1 is 1.17 bits per heavy atom. The topological polar surface area (TPSA) is 145 Å². The van der Waals surface area contributed by atoms with E-state index in [9.17, 15) is 9.70 Å². The molecule has 10 heteroatoms. The Morgan fingerprint density at radius 2 is 1.83 bits per heavy atom. The van der Waals surface area contributed by atoms with E-state index in [1.54, 1.807) is 0 Å². The molecule has 0 aliphatic carbocycles. The number of carbonyl (C=O) groups excluding carboxylic acids is 1. The first-order valence-corrected chi connectivity index (χ1v) is 7.96. The van der Waals surface area contributed by atoms with Gasteiger partial charge in [0.2, 0.25) is 5.91 Å². The maximum absolute atomic E-state index is 11.2. The molecule has 5 N–H and O–H groups in total. The third-order valence-electron chi connectivity index (χ3n) is 2.50. The summed E-state index contributed by atoms with van der Waals surface area (Å²) in [4.78, 5) is 24.9. The van der Waals surface area contributed by atoms with Gasteiger partial charge >= 0.3 is 0 Å². The van der Waals surface area contributed by atoms with Crippen molar-refractivity contribution in [1.82, 2.24) is 10.6 Å². The molecular weight excluding hydrogens is 320 g/mol. The lowest BCUT2D eigenvalue weighted by Gasteiger charge is -2.07. The van der Waals surface area contributed by atoms with E-state index in [0.29, 0.717) is 39.2 Å². The molecule has 1 amide bonds. The fourth-order valence-corrected chi connectivity index (χ4v) is 1.29. The number of nitrogens with one attached hydrogen (secondary N) is 2. The van der Waals surface area contributed by atoms with Crippen LogP contribution in [-0.4, -0.2) is 76.8 Å². The highest BCUT2D eigenvalue weighted by molar-refractivity contribution is 5.75. The highest BCUT2D eigenvalue weighted by atomic mass is 16.7. The van der Waals surface area contributed by atoms with Crippen molar-refractivity contribution in [2.45, 2.75) is 25.8 Å². The fraction of sp³-hybridized carbons (Fsp3) is 0.929. The summed E-state index contributed by atoms with van der Waals surface area (Å²) >= 11 is 0. The van der Waals surface area contributed by atoms with Gasteiger partial charge in [0.15, 0.2) is 5.34 Å². The van der Waals surface area contributed by atoms with Crippen molar-refractivity contribution in [2.24, 2.45) is 11.1 Å². The second-order valence-corrected chi connectivity index (χ2v) is 4.83. The number of aliphatic hydroxyl groups is 1. The Bertz CT molecular complexity index is 276. The number of amides is 1. The molecule has 24 heavy (non-hydrogen) atoms. The van der Waals surface area contributed by atoms with Crippen LogP contribution in [-0.2, 0) is 19.1 Å². The minimum Gasteiger partial charge on any atom is -0.394 e. The number of ether oxygens (including phenoxy) is 2. The quantitative estimate of drug-likeness (QED) is 0.170. The Hall–Kier alpha value is -1.33. The molecule has 144 valence electrons. The fourth-order valence-electron chi connectivity index (χ4n) is 1.29. The minimum atomic E-state index is -0.0355. The molecule has 1 unspecified atom stereocenters. The molecule has 0 saturated heterocycles. The van der Waals surface area contributed by atoms with Gasteiger partial charge in [-0.15, -0.1) is 4.91 Å². The molecule has 1 atom stereocenters. The van der Waals surface area contributed by atoms with Crippen LogP contribution in [0.3, 0.4) is 0 Å². The van der Waals surface area contributed by atoms with E-state index < -0.39 is 0 Å². The third kappa shape index (κ3) is 25.6. The second kappa shape index (κ2) is 21.7. The van der Waals surface area contributed by atoms with Crippen LogP contribution in [0.1, 0.15) is 19.8 Å². The van der Waals surface area contributed by atoms with Crippen molar-refractivity contribution in [3.63, 3.8) is 0 Å². The van der Waals surface area contributed by atoms with E-state index in [2.05, 4.69) is 20.8 Å². The van der Waals surface area contributed by atoms with Crippen LogP contribution in [0.15, 0.2) is 5.34 Å². The summed E-state index contributed by atoms with van der Waals surface area (Å²) in [6, 6.07) is 0.0370. The van der Waals surface area contributed by atoms with Crippen LogP contribution < -0.4 is 16.4 Å². The second-order valence-electron chi connectivity index (χ2n) is 4.83. The van der Waals surface area contributed by atoms with Crippen LogP contribution in [0.2, 0.25) is 0 Å². The predicted octanol–water partition coefficient (Wildman–Crippen LogP) is -0.841. The molecule has 0 aromatic carbocycles. The van der Waals surface area contributed by atoms with Crippen molar-refractivity contribution < 1.29 is 24.2 Å². The van der Waals surface area contributed by atoms with Crippen molar-refractivity contribution in [3.8, 4) is 0 Å². The normalized spacial score (nSPS) is 11.2. The first-order valence-electron chi connectivity index (χ1n) is 7.96. The van der Waals surface area contributed by atoms with E-state index in [4.69, 9.17) is 20.3 Å². The third-order valence-corrected chi connectivity index (χ3v) is 2.50. The molecule has 0 heterocycles. The molecule has 0 saturated carbocycles. The number of aliphatic hydroxyl groups excluding tert-OH is 1. The largest absolute Gasteiger partial charge is 0.394 e. The van der Waals surface area contributed by atoms with Crippen LogP contribution in [0.4, 0.5) is 0 Å². The Kier molecular flexibility index (Phi) is 22.5. The number of likely N-dealkylation sites (N-methyl/N-ethyl adjacent to an activating group) is 1. The van der Waals surface area contributed by atoms with Gasteiger partial charge in [-0.05, 0) is 20.4 Å². The van der Waals surface area contributed by atoms with E-state index in [1.807, 2.05) is 14.0 Å². The highest BCUT2D eigenvalue weighted by Gasteiger charge is 2.02. The number of nitrogens with zero attached hydrogens (tertiary/aromatic N) is 1. The van der Waals surface area contributed by atoms with E-state index in [0.717, 1.165) is 6.54 Å². The zero-order valence-electron chi connectivity index (χ0n) is 14.7. The van der Waals surface area contributed by atoms with Gasteiger partial charge in [0.05, 0.1) is 33.0 Å². The Labute approximate surface area is 143 Å². The SMILES string of the molecule is CC(N)CCC(=O)NCCOCCON=O.CNCCOCCO. The highest BCUT2D eigenvalue weighted by Crippen LogP contribution is 1.92. The summed E-state index contributed by atoms with van der Waals surface area (Å²) in [6.45, 7) is 5.17. The molecule has 0 fully saturated rings. The predicted molar refractivity (Wildman–Crippen MR) is 90.3 cm³/mol. The first-order chi connectivity index (χ1) is 11.6. The molecule has 0 aromatic rings. The summed E-state index contributed by atoms with van der Waals surface area (Å²) < 4.78 is 9.96. The molecule has 0 bridgehead atoms. The van der Waals surface area contributed by atoms with Crippen LogP contribution in [0.5, 0.6) is 0 Å². The van der Waals surface area contributed by atoms with E-state index in [-0.39, 0.29) is 31.8 Å². The number of nitrogens with two attached hydrogens (primary N) is 1. The van der Waals surface area contributed by atoms with Gasteiger partial charge in [0, 0.05) is 25.6 Å². The van der Waals surface area contributed by atoms with Crippen LogP contribution >= 0.6 is 0 Å². The molecule has 10 nitrogen and oxygen atoms in total. The standard InChI is InChI=1S/C9H19N3O4.C5H13NO2/c1-8(10)2-3-9(13)11-4-5-15-6-7-16-12-14;1-6-2-4-8-5-3-7/h8H,2-7,10H2,1H3,(H,11,13);6-7H,2-5H2,1H3. The van der Waals surface area contributed by atoms with Crippen LogP contribution in [0, 0.1) is 4.91 Å². The lowest BCUT2D eigenvalue weighted by Crippen LogP contribution is -2.29. The van der Waals surface area contributed by atoms with Crippen molar-refractivity contribution >= 4 is 5.91 Å². The molecule has 0 radical (unpaired) electrons. The van der Waals surface area contributed by atoms with Gasteiger partial charge in [-0.2, -0.15) is 0 Å². The number of hydrogen-bond donors (Lipinski definition) is 4. The summed E-state index contributed by atoms with van der Waals surface area (Å²) in [5, 5.41) is 16.0. The van der Waals surface area contributed by atoms with Crippen molar-refractivity contribution in [3.05, 3.63) is 4.91 Å². The lowest BCUT2D eigenvalue weighted by molar-refractivity contribution is -0.121. The zero-order chi connectivity index (χ0) is 18.5. The molecular formula is C14H32N4O6. The first kappa shape index (κ1) is 24.9. The van der Waals surface area contributed by atoms with Crippen LogP contribution in [0.25, 0.3) is 0 Å². The smallest absolute Gasteiger partial charge is 0.220 e. The van der Waals surface area contributed by atoms with Gasteiger partial charge < -0.3 is 35.8 Å². The van der Waals surface area contributed by atoms with E-state index in [1.165, 1.54) is 0 Å². The van der Waals surface area contributed by atoms with E-state index >= 15 is 0 Å². The monoisotopic (exact) mass is 352 g/mol. The Morgan fingerprint density at radius 3 is 2.42 bits per heavy atom. The summed E-state index contributed by atoms with van der Waals surface area (Å²) in [5.74, 6) is -0.0355. The molecule has 0 aliphatic rings. The summed E-state index contributed by atoms with van der Waals surface area (Å²) in [6.07, 6.45) is 1.10. The van der Waals surface area contributed by atoms with Gasteiger partial charge in [0.25, 0.3) is 0 Å². The maximum atomic E-state index is 11.2.